The highest BCUT2D eigenvalue weighted by Crippen LogP contribution is 2.31. The summed E-state index contributed by atoms with van der Waals surface area (Å²) in [6.45, 7) is 8.15. The maximum Gasteiger partial charge on any atom is 0.248 e. The Morgan fingerprint density at radius 3 is 2.68 bits per heavy atom. The van der Waals surface area contributed by atoms with Gasteiger partial charge in [-0.1, -0.05) is 18.2 Å². The molecule has 0 spiro atoms. The van der Waals surface area contributed by atoms with E-state index in [1.807, 2.05) is 30.0 Å². The van der Waals surface area contributed by atoms with Crippen LogP contribution in [-0.2, 0) is 9.53 Å². The highest BCUT2D eigenvalue weighted by molar-refractivity contribution is 5.91. The molecule has 1 atom stereocenters. The van der Waals surface area contributed by atoms with E-state index < -0.39 is 0 Å². The van der Waals surface area contributed by atoms with E-state index in [1.54, 1.807) is 0 Å². The van der Waals surface area contributed by atoms with Crippen molar-refractivity contribution in [2.45, 2.75) is 38.7 Å². The molecule has 3 aliphatic rings. The number of piperidine rings is 1. The molecule has 2 aliphatic heterocycles. The minimum absolute atomic E-state index is 0.0138. The molecule has 166 valence electrons. The molecular formula is C25H34N4O2. The number of hydrogen-bond donors (Lipinski definition) is 1. The summed E-state index contributed by atoms with van der Waals surface area (Å²) in [5.41, 5.74) is 3.08. The molecule has 6 nitrogen and oxygen atoms in total. The summed E-state index contributed by atoms with van der Waals surface area (Å²) in [4.78, 5) is 21.8. The number of carbonyl (C=O) groups excluding carboxylic acids is 1. The van der Waals surface area contributed by atoms with Crippen LogP contribution in [0.15, 0.2) is 30.3 Å². The van der Waals surface area contributed by atoms with E-state index in [0.29, 0.717) is 19.0 Å². The zero-order valence-corrected chi connectivity index (χ0v) is 18.6. The number of pyridine rings is 1. The molecule has 2 saturated heterocycles. The Labute approximate surface area is 184 Å². The van der Waals surface area contributed by atoms with Crippen LogP contribution >= 0.6 is 0 Å². The predicted molar refractivity (Wildman–Crippen MR) is 123 cm³/mol. The number of likely N-dealkylation sites (tertiary alicyclic amines) is 1. The first-order valence-corrected chi connectivity index (χ1v) is 11.9. The van der Waals surface area contributed by atoms with Gasteiger partial charge in [-0.25, -0.2) is 0 Å². The maximum atomic E-state index is 12.5. The molecule has 1 aromatic carbocycles. The molecule has 1 saturated carbocycles. The van der Waals surface area contributed by atoms with Crippen LogP contribution in [0.5, 0.6) is 0 Å². The number of carbonyl (C=O) groups is 1. The fourth-order valence-electron chi connectivity index (χ4n) is 4.99. The summed E-state index contributed by atoms with van der Waals surface area (Å²) in [5, 5.41) is 4.68. The number of anilines is 1. The van der Waals surface area contributed by atoms with Gasteiger partial charge in [0.1, 0.15) is 6.61 Å². The molecule has 3 heterocycles. The van der Waals surface area contributed by atoms with Crippen molar-refractivity contribution >= 4 is 22.5 Å². The number of ether oxygens (including phenoxy) is 1. The number of nitrogens with zero attached hydrogens (tertiary/aromatic N) is 3. The lowest BCUT2D eigenvalue weighted by Crippen LogP contribution is -2.51. The number of nitrogens with one attached hydrogen (secondary N) is 1. The molecule has 1 N–H and O–H groups in total. The number of aromatic nitrogens is 1. The minimum Gasteiger partial charge on any atom is -0.382 e. The van der Waals surface area contributed by atoms with Crippen LogP contribution in [-0.4, -0.2) is 72.7 Å². The van der Waals surface area contributed by atoms with Crippen molar-refractivity contribution in [3.63, 3.8) is 0 Å². The van der Waals surface area contributed by atoms with Crippen LogP contribution in [0.2, 0.25) is 0 Å². The van der Waals surface area contributed by atoms with E-state index in [1.165, 1.54) is 45.3 Å². The van der Waals surface area contributed by atoms with Crippen molar-refractivity contribution in [1.29, 1.82) is 0 Å². The van der Waals surface area contributed by atoms with Gasteiger partial charge in [-0.15, -0.1) is 0 Å². The summed E-state index contributed by atoms with van der Waals surface area (Å²) >= 11 is 0. The van der Waals surface area contributed by atoms with Gasteiger partial charge < -0.3 is 19.9 Å². The molecule has 6 heteroatoms. The van der Waals surface area contributed by atoms with Gasteiger partial charge in [-0.05, 0) is 69.7 Å². The first-order chi connectivity index (χ1) is 15.1. The van der Waals surface area contributed by atoms with Crippen LogP contribution in [0.3, 0.4) is 0 Å². The zero-order valence-electron chi connectivity index (χ0n) is 18.6. The lowest BCUT2D eigenvalue weighted by atomic mass is 9.95. The average Bonchev–Trinajstić information content (AvgIpc) is 3.59. The predicted octanol–water partition coefficient (Wildman–Crippen LogP) is 3.30. The number of morpholine rings is 1. The molecule has 0 unspecified atom stereocenters. The summed E-state index contributed by atoms with van der Waals surface area (Å²) in [6.07, 6.45) is 5.28. The van der Waals surface area contributed by atoms with E-state index in [9.17, 15) is 4.79 Å². The van der Waals surface area contributed by atoms with E-state index in [-0.39, 0.29) is 18.6 Å². The van der Waals surface area contributed by atoms with Crippen molar-refractivity contribution in [2.75, 3.05) is 51.2 Å². The largest absolute Gasteiger partial charge is 0.382 e. The molecule has 0 radical (unpaired) electrons. The van der Waals surface area contributed by atoms with E-state index in [0.717, 1.165) is 34.7 Å². The Morgan fingerprint density at radius 1 is 1.10 bits per heavy atom. The third-order valence-electron chi connectivity index (χ3n) is 6.98. The molecule has 1 amide bonds. The Balaban J connectivity index is 1.14. The summed E-state index contributed by atoms with van der Waals surface area (Å²) in [5.74, 6) is 1.73. The molecule has 5 rings (SSSR count). The normalized spacial score (nSPS) is 23.5. The fraction of sp³-hybridized carbons (Fsp3) is 0.600. The summed E-state index contributed by atoms with van der Waals surface area (Å²) < 4.78 is 5.86. The quantitative estimate of drug-likeness (QED) is 0.742. The van der Waals surface area contributed by atoms with Crippen LogP contribution in [0, 0.1) is 18.8 Å². The monoisotopic (exact) mass is 422 g/mol. The molecule has 31 heavy (non-hydrogen) atoms. The Morgan fingerprint density at radius 2 is 1.87 bits per heavy atom. The van der Waals surface area contributed by atoms with E-state index in [2.05, 4.69) is 27.3 Å². The third-order valence-corrected chi connectivity index (χ3v) is 6.98. The Hall–Kier alpha value is -2.18. The highest BCUT2D eigenvalue weighted by atomic mass is 16.5. The second-order valence-corrected chi connectivity index (χ2v) is 9.63. The lowest BCUT2D eigenvalue weighted by molar-refractivity contribution is -0.149. The number of fused-ring (bicyclic) bond motifs is 1. The first-order valence-electron chi connectivity index (χ1n) is 11.9. The molecule has 3 fully saturated rings. The molecule has 1 aromatic heterocycles. The zero-order chi connectivity index (χ0) is 21.2. The van der Waals surface area contributed by atoms with Crippen molar-refractivity contribution in [1.82, 2.24) is 14.8 Å². The molecular weight excluding hydrogens is 388 g/mol. The lowest BCUT2D eigenvalue weighted by Gasteiger charge is -2.38. The standard InChI is InChI=1S/C25H34N4O2/c1-18-12-24(22-4-2-3-5-23(22)27-18)26-13-21-16-29(25(30)17-31-21)15-20-8-10-28(11-9-20)14-19-6-7-19/h2-5,12,19-21H,6-11,13-17H2,1H3,(H,26,27)/t21-/m1/s1. The summed E-state index contributed by atoms with van der Waals surface area (Å²) in [6, 6.07) is 10.3. The Kier molecular flexibility index (Phi) is 6.10. The SMILES string of the molecule is Cc1cc(NC[C@@H]2CN(CC3CCN(CC4CC4)CC3)C(=O)CO2)c2ccccc2n1. The van der Waals surface area contributed by atoms with Crippen LogP contribution in [0.4, 0.5) is 5.69 Å². The second kappa shape index (κ2) is 9.13. The van der Waals surface area contributed by atoms with E-state index in [4.69, 9.17) is 4.74 Å². The van der Waals surface area contributed by atoms with Crippen molar-refractivity contribution in [2.24, 2.45) is 11.8 Å². The number of para-hydroxylation sites is 1. The van der Waals surface area contributed by atoms with Gasteiger partial charge in [0.05, 0.1) is 11.6 Å². The van der Waals surface area contributed by atoms with Gasteiger partial charge in [-0.3, -0.25) is 9.78 Å². The van der Waals surface area contributed by atoms with E-state index >= 15 is 0 Å². The van der Waals surface area contributed by atoms with Gasteiger partial charge in [0.25, 0.3) is 0 Å². The van der Waals surface area contributed by atoms with Gasteiger partial charge in [0.2, 0.25) is 5.91 Å². The third kappa shape index (κ3) is 5.18. The molecule has 1 aliphatic carbocycles. The van der Waals surface area contributed by atoms with Crippen LogP contribution in [0.25, 0.3) is 10.9 Å². The number of rotatable bonds is 7. The van der Waals surface area contributed by atoms with Crippen LogP contribution < -0.4 is 5.32 Å². The topological polar surface area (TPSA) is 57.7 Å². The second-order valence-electron chi connectivity index (χ2n) is 9.63. The van der Waals surface area contributed by atoms with Gasteiger partial charge >= 0.3 is 0 Å². The Bertz CT molecular complexity index is 921. The number of benzene rings is 1. The minimum atomic E-state index is 0.0138. The van der Waals surface area contributed by atoms with Crippen molar-refractivity contribution in [3.8, 4) is 0 Å². The number of hydrogen-bond acceptors (Lipinski definition) is 5. The summed E-state index contributed by atoms with van der Waals surface area (Å²) in [7, 11) is 0. The first kappa shape index (κ1) is 20.7. The number of aryl methyl sites for hydroxylation is 1. The van der Waals surface area contributed by atoms with Gasteiger partial charge in [0, 0.05) is 42.9 Å². The fourth-order valence-corrected chi connectivity index (χ4v) is 4.99. The van der Waals surface area contributed by atoms with Gasteiger partial charge in [0.15, 0.2) is 0 Å². The van der Waals surface area contributed by atoms with Crippen molar-refractivity contribution in [3.05, 3.63) is 36.0 Å². The molecule has 2 aromatic rings. The average molecular weight is 423 g/mol. The number of amides is 1. The maximum absolute atomic E-state index is 12.5. The van der Waals surface area contributed by atoms with Crippen LogP contribution in [0.1, 0.15) is 31.4 Å². The smallest absolute Gasteiger partial charge is 0.248 e. The van der Waals surface area contributed by atoms with Gasteiger partial charge in [-0.2, -0.15) is 0 Å². The van der Waals surface area contributed by atoms with Crippen molar-refractivity contribution < 1.29 is 9.53 Å². The highest BCUT2D eigenvalue weighted by Gasteiger charge is 2.31. The molecule has 0 bridgehead atoms.